The summed E-state index contributed by atoms with van der Waals surface area (Å²) in [6.07, 6.45) is 0.988. The Balaban J connectivity index is 2.14. The van der Waals surface area contributed by atoms with Crippen LogP contribution in [0, 0.1) is 0 Å². The molecule has 0 unspecified atom stereocenters. The van der Waals surface area contributed by atoms with Gasteiger partial charge in [0.05, 0.1) is 19.4 Å². The molecule has 1 amide bonds. The van der Waals surface area contributed by atoms with E-state index < -0.39 is 16.1 Å². The van der Waals surface area contributed by atoms with E-state index in [1.807, 2.05) is 0 Å². The fraction of sp³-hybridized carbons (Fsp3) is 0.235. The van der Waals surface area contributed by atoms with Gasteiger partial charge < -0.3 is 10.1 Å². The molecule has 0 heterocycles. The summed E-state index contributed by atoms with van der Waals surface area (Å²) in [7, 11) is -1.96. The molecule has 25 heavy (non-hydrogen) atoms. The number of anilines is 1. The van der Waals surface area contributed by atoms with Crippen LogP contribution in [-0.4, -0.2) is 27.7 Å². The molecule has 0 fully saturated rings. The van der Waals surface area contributed by atoms with E-state index in [1.165, 1.54) is 7.11 Å². The zero-order valence-electron chi connectivity index (χ0n) is 13.8. The van der Waals surface area contributed by atoms with E-state index >= 15 is 0 Å². The molecule has 0 bridgehead atoms. The molecule has 0 aliphatic heterocycles. The van der Waals surface area contributed by atoms with E-state index in [1.54, 1.807) is 48.5 Å². The fourth-order valence-corrected chi connectivity index (χ4v) is 3.14. The standard InChI is InChI=1S/C17H19ClN2O4S/c1-24-15-5-3-4-14(10-15)19-17(21)11-16(20-25(2,22)23)12-6-8-13(18)9-7-12/h3-10,16,20H,11H2,1-2H3,(H,19,21)/t16-/m0/s1. The van der Waals surface area contributed by atoms with Crippen LogP contribution in [0.2, 0.25) is 5.02 Å². The van der Waals surface area contributed by atoms with E-state index in [0.29, 0.717) is 22.0 Å². The number of rotatable bonds is 7. The minimum absolute atomic E-state index is 0.0636. The average molecular weight is 383 g/mol. The van der Waals surface area contributed by atoms with Crippen LogP contribution < -0.4 is 14.8 Å². The Bertz CT molecular complexity index is 838. The van der Waals surface area contributed by atoms with Gasteiger partial charge in [0.25, 0.3) is 0 Å². The Morgan fingerprint density at radius 3 is 2.48 bits per heavy atom. The van der Waals surface area contributed by atoms with Gasteiger partial charge in [0, 0.05) is 23.2 Å². The molecule has 2 N–H and O–H groups in total. The van der Waals surface area contributed by atoms with Gasteiger partial charge in [0.1, 0.15) is 5.75 Å². The zero-order valence-corrected chi connectivity index (χ0v) is 15.4. The SMILES string of the molecule is COc1cccc(NC(=O)C[C@H](NS(C)(=O)=O)c2ccc(Cl)cc2)c1. The number of nitrogens with one attached hydrogen (secondary N) is 2. The van der Waals surface area contributed by atoms with E-state index in [4.69, 9.17) is 16.3 Å². The average Bonchev–Trinajstić information content (AvgIpc) is 2.53. The van der Waals surface area contributed by atoms with Crippen LogP contribution in [0.3, 0.4) is 0 Å². The van der Waals surface area contributed by atoms with E-state index in [9.17, 15) is 13.2 Å². The highest BCUT2D eigenvalue weighted by Gasteiger charge is 2.20. The number of benzene rings is 2. The number of carbonyl (C=O) groups excluding carboxylic acids is 1. The molecular weight excluding hydrogens is 364 g/mol. The molecule has 2 aromatic rings. The molecule has 2 rings (SSSR count). The van der Waals surface area contributed by atoms with E-state index in [-0.39, 0.29) is 12.3 Å². The third-order valence-electron chi connectivity index (χ3n) is 3.37. The summed E-state index contributed by atoms with van der Waals surface area (Å²) < 4.78 is 30.8. The number of amides is 1. The van der Waals surface area contributed by atoms with Gasteiger partial charge in [0.2, 0.25) is 15.9 Å². The molecule has 0 radical (unpaired) electrons. The smallest absolute Gasteiger partial charge is 0.226 e. The number of hydrogen-bond donors (Lipinski definition) is 2. The van der Waals surface area contributed by atoms with Crippen molar-refractivity contribution in [2.75, 3.05) is 18.7 Å². The predicted molar refractivity (Wildman–Crippen MR) is 98.4 cm³/mol. The maximum absolute atomic E-state index is 12.3. The van der Waals surface area contributed by atoms with Gasteiger partial charge in [-0.25, -0.2) is 13.1 Å². The Morgan fingerprint density at radius 1 is 1.20 bits per heavy atom. The lowest BCUT2D eigenvalue weighted by Crippen LogP contribution is -2.30. The summed E-state index contributed by atoms with van der Waals surface area (Å²) >= 11 is 5.86. The first-order valence-electron chi connectivity index (χ1n) is 7.43. The van der Waals surface area contributed by atoms with Crippen molar-refractivity contribution in [1.82, 2.24) is 4.72 Å². The maximum Gasteiger partial charge on any atom is 0.226 e. The zero-order chi connectivity index (χ0) is 18.4. The van der Waals surface area contributed by atoms with Gasteiger partial charge in [0.15, 0.2) is 0 Å². The summed E-state index contributed by atoms with van der Waals surface area (Å²) in [4.78, 5) is 12.3. The molecule has 0 aliphatic rings. The summed E-state index contributed by atoms with van der Waals surface area (Å²) in [6, 6.07) is 12.9. The predicted octanol–water partition coefficient (Wildman–Crippen LogP) is 2.97. The number of halogens is 1. The van der Waals surface area contributed by atoms with Crippen molar-refractivity contribution < 1.29 is 17.9 Å². The lowest BCUT2D eigenvalue weighted by molar-refractivity contribution is -0.116. The summed E-state index contributed by atoms with van der Waals surface area (Å²) in [5.41, 5.74) is 1.22. The first kappa shape index (κ1) is 19.2. The van der Waals surface area contributed by atoms with Crippen LogP contribution in [0.1, 0.15) is 18.0 Å². The number of hydrogen-bond acceptors (Lipinski definition) is 4. The van der Waals surface area contributed by atoms with Gasteiger partial charge >= 0.3 is 0 Å². The molecular formula is C17H19ClN2O4S. The summed E-state index contributed by atoms with van der Waals surface area (Å²) in [5, 5.41) is 3.26. The van der Waals surface area contributed by atoms with Crippen LogP contribution in [-0.2, 0) is 14.8 Å². The van der Waals surface area contributed by atoms with Gasteiger partial charge in [-0.2, -0.15) is 0 Å². The van der Waals surface area contributed by atoms with Crippen LogP contribution in [0.25, 0.3) is 0 Å². The highest BCUT2D eigenvalue weighted by Crippen LogP contribution is 2.22. The summed E-state index contributed by atoms with van der Waals surface area (Å²) in [6.45, 7) is 0. The topological polar surface area (TPSA) is 84.5 Å². The number of sulfonamides is 1. The Morgan fingerprint density at radius 2 is 1.88 bits per heavy atom. The molecule has 0 spiro atoms. The van der Waals surface area contributed by atoms with Crippen molar-refractivity contribution in [2.45, 2.75) is 12.5 Å². The second kappa shape index (κ2) is 8.33. The normalized spacial score (nSPS) is 12.4. The Kier molecular flexibility index (Phi) is 6.41. The van der Waals surface area contributed by atoms with Crippen LogP contribution in [0.4, 0.5) is 5.69 Å². The molecule has 0 aliphatic carbocycles. The monoisotopic (exact) mass is 382 g/mol. The minimum atomic E-state index is -3.49. The van der Waals surface area contributed by atoms with E-state index in [0.717, 1.165) is 6.26 Å². The van der Waals surface area contributed by atoms with Gasteiger partial charge in [-0.05, 0) is 29.8 Å². The lowest BCUT2D eigenvalue weighted by Gasteiger charge is -2.18. The van der Waals surface area contributed by atoms with Crippen LogP contribution >= 0.6 is 11.6 Å². The Labute approximate surface area is 152 Å². The highest BCUT2D eigenvalue weighted by atomic mass is 35.5. The Hall–Kier alpha value is -2.09. The highest BCUT2D eigenvalue weighted by molar-refractivity contribution is 7.88. The first-order valence-corrected chi connectivity index (χ1v) is 9.70. The van der Waals surface area contributed by atoms with Crippen molar-refractivity contribution in [1.29, 1.82) is 0 Å². The first-order chi connectivity index (χ1) is 11.8. The number of ether oxygens (including phenoxy) is 1. The van der Waals surface area contributed by atoms with Crippen molar-refractivity contribution in [3.8, 4) is 5.75 Å². The molecule has 134 valence electrons. The largest absolute Gasteiger partial charge is 0.497 e. The molecule has 0 saturated heterocycles. The second-order valence-electron chi connectivity index (χ2n) is 5.48. The molecule has 0 saturated carbocycles. The van der Waals surface area contributed by atoms with Crippen molar-refractivity contribution in [3.63, 3.8) is 0 Å². The van der Waals surface area contributed by atoms with Crippen molar-refractivity contribution >= 4 is 33.2 Å². The second-order valence-corrected chi connectivity index (χ2v) is 7.69. The van der Waals surface area contributed by atoms with Gasteiger partial charge in [-0.3, -0.25) is 4.79 Å². The maximum atomic E-state index is 12.3. The van der Waals surface area contributed by atoms with Crippen LogP contribution in [0.5, 0.6) is 5.75 Å². The van der Waals surface area contributed by atoms with Crippen LogP contribution in [0.15, 0.2) is 48.5 Å². The third-order valence-corrected chi connectivity index (χ3v) is 4.34. The van der Waals surface area contributed by atoms with Crippen molar-refractivity contribution in [2.24, 2.45) is 0 Å². The molecule has 2 aromatic carbocycles. The van der Waals surface area contributed by atoms with Gasteiger partial charge in [-0.1, -0.05) is 29.8 Å². The molecule has 8 heteroatoms. The fourth-order valence-electron chi connectivity index (χ4n) is 2.28. The van der Waals surface area contributed by atoms with Crippen molar-refractivity contribution in [3.05, 3.63) is 59.1 Å². The quantitative estimate of drug-likeness (QED) is 0.771. The number of methoxy groups -OCH3 is 1. The van der Waals surface area contributed by atoms with Gasteiger partial charge in [-0.15, -0.1) is 0 Å². The third kappa shape index (κ3) is 6.38. The summed E-state index contributed by atoms with van der Waals surface area (Å²) in [5.74, 6) is 0.283. The lowest BCUT2D eigenvalue weighted by atomic mass is 10.0. The minimum Gasteiger partial charge on any atom is -0.497 e. The molecule has 1 atom stereocenters. The van der Waals surface area contributed by atoms with E-state index in [2.05, 4.69) is 10.0 Å². The molecule has 0 aromatic heterocycles. The number of carbonyl (C=O) groups is 1. The molecule has 6 nitrogen and oxygen atoms in total.